The fourth-order valence-corrected chi connectivity index (χ4v) is 3.56. The van der Waals surface area contributed by atoms with Crippen LogP contribution in [0.5, 0.6) is 0 Å². The van der Waals surface area contributed by atoms with E-state index >= 15 is 0 Å². The molecule has 2 aromatic heterocycles. The van der Waals surface area contributed by atoms with E-state index in [2.05, 4.69) is 9.97 Å². The second-order valence-electron chi connectivity index (χ2n) is 6.74. The highest BCUT2D eigenvalue weighted by atomic mass is 35.5. The van der Waals surface area contributed by atoms with Gasteiger partial charge in [0.25, 0.3) is 0 Å². The van der Waals surface area contributed by atoms with Crippen molar-refractivity contribution in [2.24, 2.45) is 0 Å². The summed E-state index contributed by atoms with van der Waals surface area (Å²) in [6, 6.07) is 17.4. The maximum Gasteiger partial charge on any atom is 0.410 e. The van der Waals surface area contributed by atoms with E-state index < -0.39 is 0 Å². The molecule has 0 aliphatic carbocycles. The summed E-state index contributed by atoms with van der Waals surface area (Å²) in [4.78, 5) is 23.2. The summed E-state index contributed by atoms with van der Waals surface area (Å²) in [6.45, 7) is 1.60. The van der Waals surface area contributed by atoms with Crippen molar-refractivity contribution >= 4 is 28.7 Å². The zero-order chi connectivity index (χ0) is 18.6. The average Bonchev–Trinajstić information content (AvgIpc) is 2.72. The number of hydrogen-bond donors (Lipinski definition) is 0. The number of carbonyl (C=O) groups excluding carboxylic acids is 1. The molecule has 1 saturated heterocycles. The molecule has 1 aliphatic heterocycles. The van der Waals surface area contributed by atoms with Crippen molar-refractivity contribution in [1.82, 2.24) is 14.9 Å². The summed E-state index contributed by atoms with van der Waals surface area (Å²) >= 11 is 5.99. The topological polar surface area (TPSA) is 55.3 Å². The molecule has 1 atom stereocenters. The fraction of sp³-hybridized carbons (Fsp3) is 0.286. The predicted octanol–water partition coefficient (Wildman–Crippen LogP) is 4.80. The number of fused-ring (bicyclic) bond motifs is 1. The Balaban J connectivity index is 1.43. The Hall–Kier alpha value is -2.66. The normalized spacial score (nSPS) is 17.1. The highest BCUT2D eigenvalue weighted by Gasteiger charge is 2.26. The number of ether oxygens (including phenoxy) is 1. The molecule has 1 aromatic carbocycles. The molecule has 3 aromatic rings. The van der Waals surface area contributed by atoms with Crippen molar-refractivity contribution in [1.29, 1.82) is 0 Å². The first-order chi connectivity index (χ1) is 13.2. The first kappa shape index (κ1) is 17.7. The molecular formula is C21H20ClN3O2. The lowest BCUT2D eigenvalue weighted by Crippen LogP contribution is -2.39. The number of carbonyl (C=O) groups is 1. The number of likely N-dealkylation sites (tertiary alicyclic amines) is 1. The third kappa shape index (κ3) is 4.19. The van der Waals surface area contributed by atoms with Gasteiger partial charge < -0.3 is 9.64 Å². The Morgan fingerprint density at radius 2 is 1.93 bits per heavy atom. The van der Waals surface area contributed by atoms with Crippen LogP contribution < -0.4 is 0 Å². The van der Waals surface area contributed by atoms with E-state index in [1.54, 1.807) is 11.0 Å². The monoisotopic (exact) mass is 381 g/mol. The van der Waals surface area contributed by atoms with Crippen LogP contribution in [0.15, 0.2) is 54.6 Å². The van der Waals surface area contributed by atoms with E-state index in [1.165, 1.54) is 0 Å². The van der Waals surface area contributed by atoms with Crippen LogP contribution in [-0.4, -0.2) is 34.1 Å². The molecule has 0 spiro atoms. The molecule has 138 valence electrons. The molecule has 3 heterocycles. The van der Waals surface area contributed by atoms with Gasteiger partial charge in [0.2, 0.25) is 0 Å². The molecule has 6 heteroatoms. The van der Waals surface area contributed by atoms with Crippen molar-refractivity contribution in [3.05, 3.63) is 71.0 Å². The van der Waals surface area contributed by atoms with Gasteiger partial charge >= 0.3 is 6.09 Å². The third-order valence-electron chi connectivity index (χ3n) is 4.84. The van der Waals surface area contributed by atoms with Crippen LogP contribution in [0, 0.1) is 0 Å². The number of nitrogens with zero attached hydrogens (tertiary/aromatic N) is 3. The molecular weight excluding hydrogens is 362 g/mol. The van der Waals surface area contributed by atoms with E-state index in [1.807, 2.05) is 48.5 Å². The number of halogens is 1. The average molecular weight is 382 g/mol. The molecule has 0 radical (unpaired) electrons. The molecule has 0 N–H and O–H groups in total. The summed E-state index contributed by atoms with van der Waals surface area (Å²) in [5.74, 6) is 0.174. The lowest BCUT2D eigenvalue weighted by molar-refractivity contribution is 0.0856. The minimum Gasteiger partial charge on any atom is -0.445 e. The maximum absolute atomic E-state index is 12.5. The zero-order valence-corrected chi connectivity index (χ0v) is 15.6. The number of aromatic nitrogens is 2. The minimum absolute atomic E-state index is 0.174. The number of benzene rings is 1. The van der Waals surface area contributed by atoms with Crippen molar-refractivity contribution in [2.45, 2.75) is 25.4 Å². The largest absolute Gasteiger partial charge is 0.445 e. The lowest BCUT2D eigenvalue weighted by Gasteiger charge is -2.31. The van der Waals surface area contributed by atoms with E-state index in [0.717, 1.165) is 29.5 Å². The lowest BCUT2D eigenvalue weighted by atomic mass is 9.94. The van der Waals surface area contributed by atoms with E-state index in [0.29, 0.717) is 23.9 Å². The number of amides is 1. The van der Waals surface area contributed by atoms with Gasteiger partial charge in [-0.1, -0.05) is 41.9 Å². The van der Waals surface area contributed by atoms with Gasteiger partial charge in [-0.2, -0.15) is 0 Å². The van der Waals surface area contributed by atoms with Crippen LogP contribution in [0.25, 0.3) is 11.0 Å². The third-order valence-corrected chi connectivity index (χ3v) is 5.05. The van der Waals surface area contributed by atoms with Gasteiger partial charge in [0.15, 0.2) is 5.65 Å². The first-order valence-corrected chi connectivity index (χ1v) is 9.46. The van der Waals surface area contributed by atoms with Crippen molar-refractivity contribution < 1.29 is 9.53 Å². The van der Waals surface area contributed by atoms with E-state index in [-0.39, 0.29) is 18.6 Å². The Labute approximate surface area is 162 Å². The predicted molar refractivity (Wildman–Crippen MR) is 105 cm³/mol. The van der Waals surface area contributed by atoms with E-state index in [9.17, 15) is 4.79 Å². The maximum atomic E-state index is 12.5. The van der Waals surface area contributed by atoms with Crippen LogP contribution >= 0.6 is 11.6 Å². The summed E-state index contributed by atoms with van der Waals surface area (Å²) in [5.41, 5.74) is 2.57. The van der Waals surface area contributed by atoms with Gasteiger partial charge in [-0.15, -0.1) is 0 Å². The van der Waals surface area contributed by atoms with Crippen molar-refractivity contribution in [3.63, 3.8) is 0 Å². The fourth-order valence-electron chi connectivity index (χ4n) is 3.41. The number of rotatable bonds is 3. The molecule has 1 unspecified atom stereocenters. The molecule has 1 amide bonds. The second-order valence-corrected chi connectivity index (χ2v) is 7.13. The molecule has 27 heavy (non-hydrogen) atoms. The van der Waals surface area contributed by atoms with Crippen LogP contribution in [0.1, 0.15) is 30.0 Å². The summed E-state index contributed by atoms with van der Waals surface area (Å²) in [7, 11) is 0. The van der Waals surface area contributed by atoms with Gasteiger partial charge in [0.1, 0.15) is 11.8 Å². The van der Waals surface area contributed by atoms with Gasteiger partial charge in [0, 0.05) is 30.1 Å². The van der Waals surface area contributed by atoms with Crippen LogP contribution in [0.4, 0.5) is 4.79 Å². The number of pyridine rings is 2. The molecule has 0 saturated carbocycles. The Morgan fingerprint density at radius 3 is 2.78 bits per heavy atom. The smallest absolute Gasteiger partial charge is 0.410 e. The highest BCUT2D eigenvalue weighted by molar-refractivity contribution is 6.29. The Bertz CT molecular complexity index is 949. The summed E-state index contributed by atoms with van der Waals surface area (Å²) in [6.07, 6.45) is 1.64. The van der Waals surface area contributed by atoms with Gasteiger partial charge in [0.05, 0.1) is 0 Å². The molecule has 0 bridgehead atoms. The molecule has 4 rings (SSSR count). The van der Waals surface area contributed by atoms with Gasteiger partial charge in [-0.25, -0.2) is 14.8 Å². The quantitative estimate of drug-likeness (QED) is 0.611. The summed E-state index contributed by atoms with van der Waals surface area (Å²) in [5, 5.41) is 1.39. The Morgan fingerprint density at radius 1 is 1.11 bits per heavy atom. The van der Waals surface area contributed by atoms with Crippen LogP contribution in [0.3, 0.4) is 0 Å². The van der Waals surface area contributed by atoms with Crippen molar-refractivity contribution in [3.8, 4) is 0 Å². The minimum atomic E-state index is -0.273. The van der Waals surface area contributed by atoms with E-state index in [4.69, 9.17) is 16.3 Å². The highest BCUT2D eigenvalue weighted by Crippen LogP contribution is 2.27. The number of piperidine rings is 1. The second kappa shape index (κ2) is 7.92. The van der Waals surface area contributed by atoms with Crippen LogP contribution in [0.2, 0.25) is 5.15 Å². The molecule has 5 nitrogen and oxygen atoms in total. The first-order valence-electron chi connectivity index (χ1n) is 9.08. The zero-order valence-electron chi connectivity index (χ0n) is 14.8. The molecule has 1 fully saturated rings. The van der Waals surface area contributed by atoms with Crippen LogP contribution in [-0.2, 0) is 11.3 Å². The van der Waals surface area contributed by atoms with Gasteiger partial charge in [-0.05, 0) is 42.7 Å². The molecule has 1 aliphatic rings. The van der Waals surface area contributed by atoms with Gasteiger partial charge in [-0.3, -0.25) is 0 Å². The number of hydrogen-bond acceptors (Lipinski definition) is 4. The standard InChI is InChI=1S/C21H20ClN3O2/c22-19-11-9-16-8-10-18(23-20(16)24-19)17-7-4-12-25(13-17)21(26)27-14-15-5-2-1-3-6-15/h1-3,5-6,8-11,17H,4,7,12-14H2. The SMILES string of the molecule is O=C(OCc1ccccc1)N1CCCC(c2ccc3ccc(Cl)nc3n2)C1. The summed E-state index contributed by atoms with van der Waals surface area (Å²) < 4.78 is 5.47. The Kier molecular flexibility index (Phi) is 5.21. The van der Waals surface area contributed by atoms with Crippen molar-refractivity contribution in [2.75, 3.05) is 13.1 Å².